The van der Waals surface area contributed by atoms with Crippen LogP contribution in [-0.4, -0.2) is 59.7 Å². The Labute approximate surface area is 118 Å². The summed E-state index contributed by atoms with van der Waals surface area (Å²) in [5, 5.41) is 8.56. The molecule has 20 heavy (non-hydrogen) atoms. The molecule has 2 rings (SSSR count). The van der Waals surface area contributed by atoms with E-state index >= 15 is 0 Å². The number of hydrogen-bond donors (Lipinski definition) is 1. The topological polar surface area (TPSA) is 69.6 Å². The lowest BCUT2D eigenvalue weighted by Crippen LogP contribution is -2.28. The number of aromatic nitrogens is 2. The number of aliphatic carboxylic acids is 1. The van der Waals surface area contributed by atoms with E-state index in [1.807, 2.05) is 7.05 Å². The maximum Gasteiger partial charge on any atom is 0.328 e. The zero-order valence-electron chi connectivity index (χ0n) is 11.9. The van der Waals surface area contributed by atoms with Crippen LogP contribution >= 0.6 is 0 Å². The molecule has 1 N–H and O–H groups in total. The monoisotopic (exact) mass is 276 g/mol. The molecule has 108 valence electrons. The minimum absolute atomic E-state index is 0.653. The second kappa shape index (κ2) is 6.47. The third-order valence-electron chi connectivity index (χ3n) is 3.44. The molecule has 1 fully saturated rings. The van der Waals surface area contributed by atoms with Gasteiger partial charge in [0.2, 0.25) is 5.95 Å². The SMILES string of the molecule is CN1CCC(CN(C)c2ncc(/C=C/C(=O)O)cn2)C1. The number of hydrogen-bond acceptors (Lipinski definition) is 5. The van der Waals surface area contributed by atoms with Gasteiger partial charge in [-0.25, -0.2) is 14.8 Å². The average Bonchev–Trinajstić information content (AvgIpc) is 2.82. The van der Waals surface area contributed by atoms with Crippen LogP contribution in [0.25, 0.3) is 6.08 Å². The Hall–Kier alpha value is -1.95. The molecule has 0 aromatic carbocycles. The normalized spacial score (nSPS) is 19.6. The van der Waals surface area contributed by atoms with Gasteiger partial charge in [0.25, 0.3) is 0 Å². The maximum atomic E-state index is 10.4. The van der Waals surface area contributed by atoms with Crippen molar-refractivity contribution in [1.82, 2.24) is 14.9 Å². The van der Waals surface area contributed by atoms with E-state index in [1.54, 1.807) is 12.4 Å². The third kappa shape index (κ3) is 4.03. The Morgan fingerprint density at radius 3 is 2.80 bits per heavy atom. The molecule has 1 aliphatic rings. The second-order valence-electron chi connectivity index (χ2n) is 5.29. The molecule has 6 nitrogen and oxygen atoms in total. The van der Waals surface area contributed by atoms with Crippen LogP contribution in [0.2, 0.25) is 0 Å². The Morgan fingerprint density at radius 1 is 1.55 bits per heavy atom. The highest BCUT2D eigenvalue weighted by molar-refractivity contribution is 5.85. The van der Waals surface area contributed by atoms with E-state index in [0.717, 1.165) is 25.7 Å². The van der Waals surface area contributed by atoms with Crippen LogP contribution < -0.4 is 4.90 Å². The van der Waals surface area contributed by atoms with Crippen molar-refractivity contribution in [3.8, 4) is 0 Å². The Kier molecular flexibility index (Phi) is 4.68. The van der Waals surface area contributed by atoms with Crippen LogP contribution in [0.1, 0.15) is 12.0 Å². The van der Waals surface area contributed by atoms with Gasteiger partial charge >= 0.3 is 5.97 Å². The summed E-state index contributed by atoms with van der Waals surface area (Å²) < 4.78 is 0. The molecule has 1 aromatic rings. The molecule has 1 aromatic heterocycles. The van der Waals surface area contributed by atoms with E-state index in [-0.39, 0.29) is 0 Å². The third-order valence-corrected chi connectivity index (χ3v) is 3.44. The molecule has 0 amide bonds. The van der Waals surface area contributed by atoms with Crippen LogP contribution in [0.3, 0.4) is 0 Å². The summed E-state index contributed by atoms with van der Waals surface area (Å²) in [6.07, 6.45) is 7.05. The quantitative estimate of drug-likeness (QED) is 0.808. The van der Waals surface area contributed by atoms with E-state index < -0.39 is 5.97 Å². The van der Waals surface area contributed by atoms with Gasteiger partial charge in [-0.1, -0.05) is 0 Å². The smallest absolute Gasteiger partial charge is 0.328 e. The Bertz CT molecular complexity index is 486. The van der Waals surface area contributed by atoms with E-state index in [0.29, 0.717) is 17.4 Å². The van der Waals surface area contributed by atoms with Gasteiger partial charge in [-0.2, -0.15) is 0 Å². The lowest BCUT2D eigenvalue weighted by Gasteiger charge is -2.20. The minimum atomic E-state index is -0.975. The fraction of sp³-hybridized carbons (Fsp3) is 0.500. The summed E-state index contributed by atoms with van der Waals surface area (Å²) in [6.45, 7) is 3.21. The number of likely N-dealkylation sites (tertiary alicyclic amines) is 1. The molecule has 0 bridgehead atoms. The highest BCUT2D eigenvalue weighted by Gasteiger charge is 2.21. The number of carboxylic acid groups (broad SMARTS) is 1. The predicted molar refractivity (Wildman–Crippen MR) is 77.6 cm³/mol. The van der Waals surface area contributed by atoms with Crippen LogP contribution in [-0.2, 0) is 4.79 Å². The van der Waals surface area contributed by atoms with Gasteiger partial charge < -0.3 is 14.9 Å². The minimum Gasteiger partial charge on any atom is -0.478 e. The van der Waals surface area contributed by atoms with Crippen molar-refractivity contribution in [3.63, 3.8) is 0 Å². The molecular weight excluding hydrogens is 256 g/mol. The summed E-state index contributed by atoms with van der Waals surface area (Å²) in [5.41, 5.74) is 0.685. The van der Waals surface area contributed by atoms with Crippen molar-refractivity contribution in [2.45, 2.75) is 6.42 Å². The van der Waals surface area contributed by atoms with Crippen LogP contribution in [0.4, 0.5) is 5.95 Å². The van der Waals surface area contributed by atoms with Gasteiger partial charge in [-0.3, -0.25) is 0 Å². The number of carboxylic acids is 1. The van der Waals surface area contributed by atoms with E-state index in [2.05, 4.69) is 26.8 Å². The molecule has 2 heterocycles. The number of rotatable bonds is 5. The summed E-state index contributed by atoms with van der Waals surface area (Å²) in [7, 11) is 4.13. The summed E-state index contributed by atoms with van der Waals surface area (Å²) in [6, 6.07) is 0. The fourth-order valence-electron chi connectivity index (χ4n) is 2.43. The first kappa shape index (κ1) is 14.5. The molecule has 0 aliphatic carbocycles. The molecule has 0 radical (unpaired) electrons. The van der Waals surface area contributed by atoms with Crippen LogP contribution in [0.15, 0.2) is 18.5 Å². The van der Waals surface area contributed by atoms with Gasteiger partial charge in [0.1, 0.15) is 0 Å². The number of nitrogens with zero attached hydrogens (tertiary/aromatic N) is 4. The summed E-state index contributed by atoms with van der Waals surface area (Å²) in [5.74, 6) is 0.351. The molecule has 1 atom stereocenters. The van der Waals surface area contributed by atoms with Crippen molar-refractivity contribution >= 4 is 18.0 Å². The van der Waals surface area contributed by atoms with Crippen molar-refractivity contribution < 1.29 is 9.90 Å². The van der Waals surface area contributed by atoms with Crippen molar-refractivity contribution in [1.29, 1.82) is 0 Å². The largest absolute Gasteiger partial charge is 0.478 e. The van der Waals surface area contributed by atoms with Gasteiger partial charge in [0.15, 0.2) is 0 Å². The van der Waals surface area contributed by atoms with Crippen molar-refractivity contribution in [2.24, 2.45) is 5.92 Å². The van der Waals surface area contributed by atoms with Crippen molar-refractivity contribution in [2.75, 3.05) is 38.6 Å². The first-order valence-electron chi connectivity index (χ1n) is 6.67. The van der Waals surface area contributed by atoms with E-state index in [1.165, 1.54) is 12.5 Å². The van der Waals surface area contributed by atoms with Gasteiger partial charge in [0.05, 0.1) is 0 Å². The molecule has 1 unspecified atom stereocenters. The molecule has 1 saturated heterocycles. The van der Waals surface area contributed by atoms with Gasteiger partial charge in [-0.15, -0.1) is 0 Å². The molecule has 0 saturated carbocycles. The summed E-state index contributed by atoms with van der Waals surface area (Å²) >= 11 is 0. The van der Waals surface area contributed by atoms with Crippen molar-refractivity contribution in [3.05, 3.63) is 24.0 Å². The lowest BCUT2D eigenvalue weighted by atomic mass is 10.1. The lowest BCUT2D eigenvalue weighted by molar-refractivity contribution is -0.131. The fourth-order valence-corrected chi connectivity index (χ4v) is 2.43. The number of anilines is 1. The van der Waals surface area contributed by atoms with Crippen LogP contribution in [0.5, 0.6) is 0 Å². The maximum absolute atomic E-state index is 10.4. The molecule has 6 heteroatoms. The second-order valence-corrected chi connectivity index (χ2v) is 5.29. The Balaban J connectivity index is 1.93. The zero-order valence-corrected chi connectivity index (χ0v) is 11.9. The standard InChI is InChI=1S/C14H20N4O2/c1-17-6-5-12(9-17)10-18(2)14-15-7-11(8-16-14)3-4-13(19)20/h3-4,7-8,12H,5-6,9-10H2,1-2H3,(H,19,20)/b4-3+. The average molecular weight is 276 g/mol. The summed E-state index contributed by atoms with van der Waals surface area (Å²) in [4.78, 5) is 23.4. The molecule has 0 spiro atoms. The van der Waals surface area contributed by atoms with E-state index in [4.69, 9.17) is 5.11 Å². The first-order chi connectivity index (χ1) is 9.54. The molecular formula is C14H20N4O2. The predicted octanol–water partition coefficient (Wildman–Crippen LogP) is 0.962. The van der Waals surface area contributed by atoms with Gasteiger partial charge in [0, 0.05) is 44.2 Å². The zero-order chi connectivity index (χ0) is 14.5. The van der Waals surface area contributed by atoms with E-state index in [9.17, 15) is 4.79 Å². The first-order valence-corrected chi connectivity index (χ1v) is 6.67. The Morgan fingerprint density at radius 2 is 2.25 bits per heavy atom. The molecule has 1 aliphatic heterocycles. The highest BCUT2D eigenvalue weighted by Crippen LogP contribution is 2.17. The number of carbonyl (C=O) groups is 1. The van der Waals surface area contributed by atoms with Crippen LogP contribution in [0, 0.1) is 5.92 Å². The highest BCUT2D eigenvalue weighted by atomic mass is 16.4. The van der Waals surface area contributed by atoms with Gasteiger partial charge in [-0.05, 0) is 32.0 Å².